The Balaban J connectivity index is 1.62. The maximum atomic E-state index is 12.4. The Morgan fingerprint density at radius 2 is 2.12 bits per heavy atom. The molecule has 0 saturated carbocycles. The first-order valence-corrected chi connectivity index (χ1v) is 9.56. The van der Waals surface area contributed by atoms with Gasteiger partial charge < -0.3 is 4.98 Å². The summed E-state index contributed by atoms with van der Waals surface area (Å²) in [7, 11) is 0. The van der Waals surface area contributed by atoms with Gasteiger partial charge in [0.05, 0.1) is 20.6 Å². The maximum absolute atomic E-state index is 12.4. The lowest BCUT2D eigenvalue weighted by atomic mass is 10.1. The van der Waals surface area contributed by atoms with E-state index < -0.39 is 0 Å². The minimum atomic E-state index is -0.0335. The number of hydrogen-bond donors (Lipinski definition) is 1. The van der Waals surface area contributed by atoms with Crippen molar-refractivity contribution >= 4 is 34.5 Å². The number of nitrogens with one attached hydrogen (secondary N) is 1. The summed E-state index contributed by atoms with van der Waals surface area (Å²) in [6.07, 6.45) is 0.681. The van der Waals surface area contributed by atoms with Gasteiger partial charge in [-0.2, -0.15) is 0 Å². The highest BCUT2D eigenvalue weighted by Gasteiger charge is 2.22. The quantitative estimate of drug-likeness (QED) is 0.721. The molecular formula is C18H15Cl2N3OS. The van der Waals surface area contributed by atoms with Gasteiger partial charge in [-0.1, -0.05) is 41.4 Å². The van der Waals surface area contributed by atoms with E-state index in [9.17, 15) is 4.79 Å². The average Bonchev–Trinajstić information content (AvgIpc) is 3.13. The van der Waals surface area contributed by atoms with Crippen LogP contribution in [0.4, 0.5) is 0 Å². The number of rotatable bonds is 3. The van der Waals surface area contributed by atoms with Crippen molar-refractivity contribution in [3.8, 4) is 10.7 Å². The summed E-state index contributed by atoms with van der Waals surface area (Å²) in [5.41, 5.74) is 2.58. The van der Waals surface area contributed by atoms with Crippen LogP contribution in [-0.2, 0) is 19.5 Å². The van der Waals surface area contributed by atoms with E-state index in [0.717, 1.165) is 28.2 Å². The second-order valence-electron chi connectivity index (χ2n) is 5.99. The molecule has 0 spiro atoms. The van der Waals surface area contributed by atoms with Crippen LogP contribution in [0.5, 0.6) is 0 Å². The maximum Gasteiger partial charge on any atom is 0.254 e. The highest BCUT2D eigenvalue weighted by molar-refractivity contribution is 7.13. The number of thiophene rings is 1. The highest BCUT2D eigenvalue weighted by atomic mass is 35.5. The van der Waals surface area contributed by atoms with Crippen molar-refractivity contribution in [1.82, 2.24) is 14.9 Å². The smallest absolute Gasteiger partial charge is 0.254 e. The largest absolute Gasteiger partial charge is 0.306 e. The van der Waals surface area contributed by atoms with E-state index >= 15 is 0 Å². The minimum Gasteiger partial charge on any atom is -0.306 e. The number of aromatic nitrogens is 2. The number of halogens is 2. The molecule has 0 saturated heterocycles. The molecule has 0 aliphatic carbocycles. The average molecular weight is 392 g/mol. The Hall–Kier alpha value is -1.66. The van der Waals surface area contributed by atoms with Crippen molar-refractivity contribution in [2.45, 2.75) is 19.5 Å². The molecule has 2 aromatic heterocycles. The van der Waals surface area contributed by atoms with Crippen LogP contribution in [0.3, 0.4) is 0 Å². The van der Waals surface area contributed by atoms with Gasteiger partial charge in [-0.15, -0.1) is 11.3 Å². The molecule has 4 rings (SSSR count). The molecule has 1 aliphatic rings. The zero-order chi connectivity index (χ0) is 17.4. The topological polar surface area (TPSA) is 49.0 Å². The molecule has 0 radical (unpaired) electrons. The second-order valence-corrected chi connectivity index (χ2v) is 7.72. The van der Waals surface area contributed by atoms with Gasteiger partial charge in [-0.25, -0.2) is 4.98 Å². The van der Waals surface area contributed by atoms with Crippen LogP contribution in [0.1, 0.15) is 16.8 Å². The number of fused-ring (bicyclic) bond motifs is 1. The van der Waals surface area contributed by atoms with Crippen LogP contribution < -0.4 is 5.56 Å². The zero-order valence-corrected chi connectivity index (χ0v) is 15.6. The van der Waals surface area contributed by atoms with E-state index in [1.54, 1.807) is 17.4 Å². The summed E-state index contributed by atoms with van der Waals surface area (Å²) in [6, 6.07) is 9.58. The zero-order valence-electron chi connectivity index (χ0n) is 13.3. The molecule has 3 heterocycles. The van der Waals surface area contributed by atoms with Gasteiger partial charge in [0.15, 0.2) is 5.82 Å². The van der Waals surface area contributed by atoms with Gasteiger partial charge in [0, 0.05) is 25.2 Å². The molecule has 25 heavy (non-hydrogen) atoms. The van der Waals surface area contributed by atoms with Crippen LogP contribution in [0.15, 0.2) is 40.5 Å². The molecular weight excluding hydrogens is 377 g/mol. The van der Waals surface area contributed by atoms with Crippen LogP contribution in [-0.4, -0.2) is 21.4 Å². The Kier molecular flexibility index (Phi) is 4.65. The molecule has 1 aliphatic heterocycles. The third-order valence-corrected chi connectivity index (χ3v) is 6.07. The van der Waals surface area contributed by atoms with Crippen molar-refractivity contribution in [1.29, 1.82) is 0 Å². The predicted molar refractivity (Wildman–Crippen MR) is 102 cm³/mol. The summed E-state index contributed by atoms with van der Waals surface area (Å²) in [5.74, 6) is 0.640. The molecule has 0 fully saturated rings. The summed E-state index contributed by atoms with van der Waals surface area (Å²) < 4.78 is 0. The number of hydrogen-bond acceptors (Lipinski definition) is 4. The Labute approximate surface area is 159 Å². The Bertz CT molecular complexity index is 969. The SMILES string of the molecule is O=c1[nH]c(-c2cccs2)nc2c1CCN(Cc1cccc(Cl)c1Cl)C2. The third-order valence-electron chi connectivity index (χ3n) is 4.33. The highest BCUT2D eigenvalue weighted by Crippen LogP contribution is 2.28. The van der Waals surface area contributed by atoms with E-state index in [2.05, 4.69) is 9.88 Å². The molecule has 3 aromatic rings. The predicted octanol–water partition coefficient (Wildman–Crippen LogP) is 4.36. The van der Waals surface area contributed by atoms with E-state index in [-0.39, 0.29) is 5.56 Å². The number of nitrogens with zero attached hydrogens (tertiary/aromatic N) is 2. The lowest BCUT2D eigenvalue weighted by Crippen LogP contribution is -2.35. The van der Waals surface area contributed by atoms with Crippen LogP contribution in [0.2, 0.25) is 10.0 Å². The second kappa shape index (κ2) is 6.92. The molecule has 0 atom stereocenters. The molecule has 0 unspecified atom stereocenters. The van der Waals surface area contributed by atoms with E-state index in [1.807, 2.05) is 29.6 Å². The fourth-order valence-electron chi connectivity index (χ4n) is 3.07. The summed E-state index contributed by atoms with van der Waals surface area (Å²) >= 11 is 14.0. The number of H-pyrrole nitrogens is 1. The van der Waals surface area contributed by atoms with Crippen LogP contribution in [0, 0.1) is 0 Å². The Morgan fingerprint density at radius 3 is 2.92 bits per heavy atom. The standard InChI is InChI=1S/C18H15Cl2N3OS/c19-13-4-1-3-11(16(13)20)9-23-7-6-12-14(10-23)21-17(22-18(12)24)15-5-2-8-25-15/h1-5,8H,6-7,9-10H2,(H,21,22,24). The summed E-state index contributed by atoms with van der Waals surface area (Å²) in [6.45, 7) is 2.10. The minimum absolute atomic E-state index is 0.0335. The van der Waals surface area contributed by atoms with Crippen molar-refractivity contribution in [2.75, 3.05) is 6.54 Å². The first kappa shape index (κ1) is 16.8. The first-order valence-electron chi connectivity index (χ1n) is 7.93. The van der Waals surface area contributed by atoms with E-state index in [0.29, 0.717) is 35.4 Å². The van der Waals surface area contributed by atoms with Crippen molar-refractivity contribution in [3.63, 3.8) is 0 Å². The van der Waals surface area contributed by atoms with Gasteiger partial charge >= 0.3 is 0 Å². The van der Waals surface area contributed by atoms with E-state index in [1.165, 1.54) is 0 Å². The summed E-state index contributed by atoms with van der Waals surface area (Å²) in [5, 5.41) is 3.13. The molecule has 1 aromatic carbocycles. The van der Waals surface area contributed by atoms with Crippen molar-refractivity contribution in [3.05, 3.63) is 72.9 Å². The van der Waals surface area contributed by atoms with Gasteiger partial charge in [0.2, 0.25) is 0 Å². The molecule has 128 valence electrons. The third kappa shape index (κ3) is 3.37. The normalized spacial score (nSPS) is 14.5. The van der Waals surface area contributed by atoms with E-state index in [4.69, 9.17) is 28.2 Å². The number of benzene rings is 1. The van der Waals surface area contributed by atoms with Crippen molar-refractivity contribution < 1.29 is 0 Å². The van der Waals surface area contributed by atoms with Gasteiger partial charge in [0.25, 0.3) is 5.56 Å². The molecule has 0 amide bonds. The van der Waals surface area contributed by atoms with Gasteiger partial charge in [-0.3, -0.25) is 9.69 Å². The van der Waals surface area contributed by atoms with Crippen LogP contribution >= 0.6 is 34.5 Å². The van der Waals surface area contributed by atoms with Gasteiger partial charge in [0.1, 0.15) is 0 Å². The molecule has 7 heteroatoms. The molecule has 1 N–H and O–H groups in total. The fourth-order valence-corrected chi connectivity index (χ4v) is 4.12. The lowest BCUT2D eigenvalue weighted by molar-refractivity contribution is 0.240. The monoisotopic (exact) mass is 391 g/mol. The number of aromatic amines is 1. The fraction of sp³-hybridized carbons (Fsp3) is 0.222. The summed E-state index contributed by atoms with van der Waals surface area (Å²) in [4.78, 5) is 23.2. The lowest BCUT2D eigenvalue weighted by Gasteiger charge is -2.28. The van der Waals surface area contributed by atoms with Gasteiger partial charge in [-0.05, 0) is 29.5 Å². The van der Waals surface area contributed by atoms with Crippen LogP contribution in [0.25, 0.3) is 10.7 Å². The Morgan fingerprint density at radius 1 is 1.24 bits per heavy atom. The molecule has 0 bridgehead atoms. The van der Waals surface area contributed by atoms with Crippen molar-refractivity contribution in [2.24, 2.45) is 0 Å². The first-order chi connectivity index (χ1) is 12.1. The molecule has 4 nitrogen and oxygen atoms in total.